The number of fused-ring (bicyclic) bond motifs is 2. The van der Waals surface area contributed by atoms with Crippen molar-refractivity contribution < 1.29 is 14.3 Å². The summed E-state index contributed by atoms with van der Waals surface area (Å²) in [5.41, 5.74) is 2.51. The summed E-state index contributed by atoms with van der Waals surface area (Å²) in [4.78, 5) is 11.9. The van der Waals surface area contributed by atoms with Crippen molar-refractivity contribution in [2.24, 2.45) is 0 Å². The van der Waals surface area contributed by atoms with E-state index in [4.69, 9.17) is 0 Å². The molecule has 2 aliphatic rings. The fourth-order valence-corrected chi connectivity index (χ4v) is 2.53. The minimum atomic E-state index is -0.926. The van der Waals surface area contributed by atoms with Crippen molar-refractivity contribution in [1.82, 2.24) is 5.32 Å². The summed E-state index contributed by atoms with van der Waals surface area (Å²) in [6.45, 7) is 0. The lowest BCUT2D eigenvalue weighted by atomic mass is 9.84. The van der Waals surface area contributed by atoms with Crippen molar-refractivity contribution in [2.75, 3.05) is 0 Å². The van der Waals surface area contributed by atoms with Crippen molar-refractivity contribution in [3.8, 4) is 0 Å². The van der Waals surface area contributed by atoms with E-state index in [0.717, 1.165) is 18.5 Å². The molecule has 0 amide bonds. The summed E-state index contributed by atoms with van der Waals surface area (Å²) < 4.78 is 13.1. The second kappa shape index (κ2) is 3.67. The van der Waals surface area contributed by atoms with Crippen LogP contribution in [0.2, 0.25) is 0 Å². The second-order valence-electron chi connectivity index (χ2n) is 4.41. The summed E-state index contributed by atoms with van der Waals surface area (Å²) >= 11 is 0. The topological polar surface area (TPSA) is 49.3 Å². The van der Waals surface area contributed by atoms with Gasteiger partial charge < -0.3 is 10.4 Å². The molecule has 0 saturated carbocycles. The van der Waals surface area contributed by atoms with Gasteiger partial charge in [-0.25, -0.2) is 4.39 Å². The fourth-order valence-electron chi connectivity index (χ4n) is 2.53. The van der Waals surface area contributed by atoms with Gasteiger partial charge >= 0.3 is 0 Å². The minimum Gasteiger partial charge on any atom is -0.369 e. The third-order valence-electron chi connectivity index (χ3n) is 3.30. The zero-order chi connectivity index (χ0) is 12.0. The Morgan fingerprint density at radius 1 is 1.35 bits per heavy atom. The van der Waals surface area contributed by atoms with E-state index in [9.17, 15) is 14.3 Å². The van der Waals surface area contributed by atoms with E-state index >= 15 is 0 Å². The number of hydrogen-bond acceptors (Lipinski definition) is 3. The first-order valence-electron chi connectivity index (χ1n) is 5.67. The lowest BCUT2D eigenvalue weighted by molar-refractivity contribution is -0.114. The largest absolute Gasteiger partial charge is 0.369 e. The van der Waals surface area contributed by atoms with Gasteiger partial charge in [-0.05, 0) is 30.5 Å². The number of hydrogen-bond donors (Lipinski definition) is 2. The van der Waals surface area contributed by atoms with Crippen molar-refractivity contribution in [3.63, 3.8) is 0 Å². The van der Waals surface area contributed by atoms with Crippen LogP contribution in [0.3, 0.4) is 0 Å². The van der Waals surface area contributed by atoms with E-state index in [0.29, 0.717) is 23.1 Å². The average Bonchev–Trinajstić information content (AvgIpc) is 2.30. The van der Waals surface area contributed by atoms with Crippen LogP contribution < -0.4 is 5.32 Å². The number of carbonyl (C=O) groups excluding carboxylic acids is 1. The Morgan fingerprint density at radius 2 is 2.18 bits per heavy atom. The van der Waals surface area contributed by atoms with Gasteiger partial charge in [0.1, 0.15) is 5.82 Å². The van der Waals surface area contributed by atoms with Gasteiger partial charge in [-0.3, -0.25) is 4.79 Å². The van der Waals surface area contributed by atoms with Gasteiger partial charge in [0, 0.05) is 23.3 Å². The lowest BCUT2D eigenvalue weighted by Crippen LogP contribution is -2.31. The van der Waals surface area contributed by atoms with Crippen LogP contribution in [-0.4, -0.2) is 10.9 Å². The molecule has 3 nitrogen and oxygen atoms in total. The first-order chi connectivity index (χ1) is 8.16. The van der Waals surface area contributed by atoms with Crippen LogP contribution in [0.15, 0.2) is 23.9 Å². The molecule has 1 aliphatic heterocycles. The molecule has 1 aromatic carbocycles. The van der Waals surface area contributed by atoms with Crippen molar-refractivity contribution in [3.05, 3.63) is 40.8 Å². The van der Waals surface area contributed by atoms with Gasteiger partial charge in [-0.1, -0.05) is 6.07 Å². The van der Waals surface area contributed by atoms with Crippen LogP contribution in [0.1, 0.15) is 36.6 Å². The van der Waals surface area contributed by atoms with Gasteiger partial charge in [0.05, 0.1) is 0 Å². The van der Waals surface area contributed by atoms with Crippen LogP contribution in [0.4, 0.5) is 4.39 Å². The van der Waals surface area contributed by atoms with E-state index in [1.165, 1.54) is 12.1 Å². The number of aliphatic hydroxyl groups is 1. The SMILES string of the molecule is O=C1CCCC2=C1c1ccc(F)cc1C(O)N2. The molecule has 0 saturated heterocycles. The Kier molecular flexibility index (Phi) is 2.26. The molecule has 1 aromatic rings. The summed E-state index contributed by atoms with van der Waals surface area (Å²) in [5.74, 6) is -0.338. The molecule has 1 aliphatic carbocycles. The molecule has 4 heteroatoms. The molecule has 88 valence electrons. The van der Waals surface area contributed by atoms with Crippen LogP contribution in [-0.2, 0) is 4.79 Å². The Morgan fingerprint density at radius 3 is 3.00 bits per heavy atom. The Balaban J connectivity index is 2.22. The predicted molar refractivity (Wildman–Crippen MR) is 60.3 cm³/mol. The molecule has 1 heterocycles. The highest BCUT2D eigenvalue weighted by Gasteiger charge is 2.30. The van der Waals surface area contributed by atoms with Gasteiger partial charge in [0.25, 0.3) is 0 Å². The number of carbonyl (C=O) groups is 1. The van der Waals surface area contributed by atoms with Crippen molar-refractivity contribution in [1.29, 1.82) is 0 Å². The molecule has 0 bridgehead atoms. The maximum atomic E-state index is 13.1. The van der Waals surface area contributed by atoms with Crippen molar-refractivity contribution >= 4 is 11.4 Å². The number of Topliss-reactive ketones (excluding diaryl/α,β-unsaturated/α-hetero) is 1. The number of nitrogens with one attached hydrogen (secondary N) is 1. The molecule has 0 spiro atoms. The molecule has 3 rings (SSSR count). The smallest absolute Gasteiger partial charge is 0.165 e. The Labute approximate surface area is 98.0 Å². The minimum absolute atomic E-state index is 0.0681. The summed E-state index contributed by atoms with van der Waals surface area (Å²) in [5, 5.41) is 12.8. The van der Waals surface area contributed by atoms with Crippen LogP contribution in [0.5, 0.6) is 0 Å². The molecule has 1 atom stereocenters. The average molecular weight is 233 g/mol. The molecule has 0 radical (unpaired) electrons. The third-order valence-corrected chi connectivity index (χ3v) is 3.30. The number of rotatable bonds is 0. The first kappa shape index (κ1) is 10.5. The second-order valence-corrected chi connectivity index (χ2v) is 4.41. The normalized spacial score (nSPS) is 22.9. The molecule has 1 unspecified atom stereocenters. The summed E-state index contributed by atoms with van der Waals surface area (Å²) in [6.07, 6.45) is 1.15. The molecular weight excluding hydrogens is 221 g/mol. The third kappa shape index (κ3) is 1.56. The summed E-state index contributed by atoms with van der Waals surface area (Å²) in [7, 11) is 0. The fraction of sp³-hybridized carbons (Fsp3) is 0.308. The first-order valence-corrected chi connectivity index (χ1v) is 5.67. The summed E-state index contributed by atoms with van der Waals surface area (Å²) in [6, 6.07) is 4.18. The van der Waals surface area contributed by atoms with Gasteiger partial charge in [0.15, 0.2) is 12.0 Å². The highest BCUT2D eigenvalue weighted by molar-refractivity contribution is 6.22. The number of aliphatic hydroxyl groups excluding tert-OH is 1. The standard InChI is InChI=1S/C13H12FNO2/c14-7-4-5-8-9(6-7)13(17)15-10-2-1-3-11(16)12(8)10/h4-6,13,15,17H,1-3H2. The molecular formula is C13H12FNO2. The number of halogens is 1. The van der Waals surface area contributed by atoms with Crippen molar-refractivity contribution in [2.45, 2.75) is 25.5 Å². The van der Waals surface area contributed by atoms with Gasteiger partial charge in [-0.15, -0.1) is 0 Å². The highest BCUT2D eigenvalue weighted by atomic mass is 19.1. The molecule has 17 heavy (non-hydrogen) atoms. The van der Waals surface area contributed by atoms with Crippen LogP contribution in [0.25, 0.3) is 5.57 Å². The zero-order valence-corrected chi connectivity index (χ0v) is 9.16. The van der Waals surface area contributed by atoms with Crippen LogP contribution >= 0.6 is 0 Å². The van der Waals surface area contributed by atoms with E-state index in [1.54, 1.807) is 6.07 Å². The van der Waals surface area contributed by atoms with E-state index in [1.807, 2.05) is 0 Å². The lowest BCUT2D eigenvalue weighted by Gasteiger charge is -2.30. The number of allylic oxidation sites excluding steroid dienone is 2. The zero-order valence-electron chi connectivity index (χ0n) is 9.16. The highest BCUT2D eigenvalue weighted by Crippen LogP contribution is 2.37. The van der Waals surface area contributed by atoms with E-state index in [-0.39, 0.29) is 5.78 Å². The van der Waals surface area contributed by atoms with E-state index < -0.39 is 12.0 Å². The Hall–Kier alpha value is -1.68. The predicted octanol–water partition coefficient (Wildman–Crippen LogP) is 1.88. The maximum absolute atomic E-state index is 13.1. The van der Waals surface area contributed by atoms with Gasteiger partial charge in [0.2, 0.25) is 0 Å². The molecule has 2 N–H and O–H groups in total. The number of benzene rings is 1. The molecule has 0 fully saturated rings. The van der Waals surface area contributed by atoms with Crippen LogP contribution in [0, 0.1) is 5.82 Å². The monoisotopic (exact) mass is 233 g/mol. The quantitative estimate of drug-likeness (QED) is 0.719. The van der Waals surface area contributed by atoms with Gasteiger partial charge in [-0.2, -0.15) is 0 Å². The van der Waals surface area contributed by atoms with E-state index in [2.05, 4.69) is 5.32 Å². The maximum Gasteiger partial charge on any atom is 0.165 e. The molecule has 0 aromatic heterocycles. The number of ketones is 1. The Bertz CT molecular complexity index is 536.